The minimum absolute atomic E-state index is 0.143. The molecule has 29 heavy (non-hydrogen) atoms. The second-order valence-corrected chi connectivity index (χ2v) is 9.81. The minimum Gasteiger partial charge on any atom is -0.339 e. The van der Waals surface area contributed by atoms with Crippen LogP contribution in [-0.2, 0) is 14.8 Å². The van der Waals surface area contributed by atoms with E-state index in [2.05, 4.69) is 16.8 Å². The molecule has 8 heteroatoms. The first-order valence-corrected chi connectivity index (χ1v) is 11.6. The molecule has 0 saturated carbocycles. The summed E-state index contributed by atoms with van der Waals surface area (Å²) in [5, 5.41) is 1.95. The van der Waals surface area contributed by atoms with Crippen LogP contribution in [0.1, 0.15) is 0 Å². The van der Waals surface area contributed by atoms with Gasteiger partial charge in [-0.1, -0.05) is 30.3 Å². The maximum Gasteiger partial charge on any atom is 0.243 e. The Morgan fingerprint density at radius 3 is 2.21 bits per heavy atom. The number of piperazine rings is 2. The summed E-state index contributed by atoms with van der Waals surface area (Å²) in [7, 11) is -1.46. The topological polar surface area (TPSA) is 64.2 Å². The molecule has 156 valence electrons. The molecular formula is C21H28N4O3S. The highest BCUT2D eigenvalue weighted by atomic mass is 32.2. The van der Waals surface area contributed by atoms with Crippen molar-refractivity contribution in [2.45, 2.75) is 4.90 Å². The van der Waals surface area contributed by atoms with Gasteiger partial charge in [0.15, 0.2) is 0 Å². The first-order chi connectivity index (χ1) is 13.9. The number of likely N-dealkylation sites (N-methyl/N-ethyl adjacent to an activating group) is 1. The summed E-state index contributed by atoms with van der Waals surface area (Å²) < 4.78 is 27.7. The van der Waals surface area contributed by atoms with Gasteiger partial charge in [0, 0.05) is 52.4 Å². The van der Waals surface area contributed by atoms with Crippen LogP contribution in [0.5, 0.6) is 0 Å². The van der Waals surface area contributed by atoms with Gasteiger partial charge in [0.2, 0.25) is 15.9 Å². The van der Waals surface area contributed by atoms with E-state index in [1.165, 1.54) is 4.31 Å². The van der Waals surface area contributed by atoms with E-state index in [4.69, 9.17) is 0 Å². The number of carbonyl (C=O) groups is 1. The van der Waals surface area contributed by atoms with E-state index < -0.39 is 10.0 Å². The Hall–Kier alpha value is -2.00. The average Bonchev–Trinajstić information content (AvgIpc) is 2.74. The lowest BCUT2D eigenvalue weighted by Crippen LogP contribution is -2.53. The number of nitrogens with zero attached hydrogens (tertiary/aromatic N) is 4. The summed E-state index contributed by atoms with van der Waals surface area (Å²) in [5.41, 5.74) is 0. The summed E-state index contributed by atoms with van der Waals surface area (Å²) in [5.74, 6) is 0.143. The second kappa shape index (κ2) is 8.39. The molecule has 2 aliphatic heterocycles. The molecule has 0 aliphatic carbocycles. The minimum atomic E-state index is -3.53. The number of hydrogen-bond acceptors (Lipinski definition) is 5. The summed E-state index contributed by atoms with van der Waals surface area (Å²) in [4.78, 5) is 19.1. The quantitative estimate of drug-likeness (QED) is 0.742. The molecule has 2 fully saturated rings. The lowest BCUT2D eigenvalue weighted by molar-refractivity contribution is -0.134. The molecule has 1 amide bonds. The van der Waals surface area contributed by atoms with E-state index in [9.17, 15) is 13.2 Å². The van der Waals surface area contributed by atoms with Crippen LogP contribution in [0.2, 0.25) is 0 Å². The number of fused-ring (bicyclic) bond motifs is 1. The molecule has 0 unspecified atom stereocenters. The zero-order valence-electron chi connectivity index (χ0n) is 16.8. The van der Waals surface area contributed by atoms with Crippen LogP contribution >= 0.6 is 0 Å². The van der Waals surface area contributed by atoms with Gasteiger partial charge in [0.05, 0.1) is 11.4 Å². The van der Waals surface area contributed by atoms with Crippen LogP contribution in [0.15, 0.2) is 47.4 Å². The molecule has 2 saturated heterocycles. The standard InChI is InChI=1S/C21H28N4O3S/c1-22-8-12-24(13-9-22)21(26)17-23-10-14-25(15-11-23)29(27,28)20-7-6-18-4-2-3-5-19(18)16-20/h2-7,16H,8-15,17H2,1H3. The smallest absolute Gasteiger partial charge is 0.243 e. The van der Waals surface area contributed by atoms with Crippen molar-refractivity contribution in [1.82, 2.24) is 19.0 Å². The number of amides is 1. The van der Waals surface area contributed by atoms with Gasteiger partial charge in [-0.25, -0.2) is 8.42 Å². The summed E-state index contributed by atoms with van der Waals surface area (Å²) >= 11 is 0. The van der Waals surface area contributed by atoms with Crippen molar-refractivity contribution in [1.29, 1.82) is 0 Å². The van der Waals surface area contributed by atoms with Gasteiger partial charge in [-0.05, 0) is 30.0 Å². The van der Waals surface area contributed by atoms with Crippen LogP contribution in [0.3, 0.4) is 0 Å². The fraction of sp³-hybridized carbons (Fsp3) is 0.476. The van der Waals surface area contributed by atoms with Gasteiger partial charge in [0.25, 0.3) is 0 Å². The monoisotopic (exact) mass is 416 g/mol. The Kier molecular flexibility index (Phi) is 5.87. The Balaban J connectivity index is 1.36. The van der Waals surface area contributed by atoms with Crippen molar-refractivity contribution in [3.8, 4) is 0 Å². The van der Waals surface area contributed by atoms with Crippen molar-refractivity contribution < 1.29 is 13.2 Å². The van der Waals surface area contributed by atoms with Crippen molar-refractivity contribution in [2.75, 3.05) is 66.0 Å². The second-order valence-electron chi connectivity index (χ2n) is 7.87. The lowest BCUT2D eigenvalue weighted by Gasteiger charge is -2.36. The number of hydrogen-bond donors (Lipinski definition) is 0. The summed E-state index contributed by atoms with van der Waals surface area (Å²) in [6.45, 7) is 5.69. The molecule has 0 atom stereocenters. The SMILES string of the molecule is CN1CCN(C(=O)CN2CCN(S(=O)(=O)c3ccc4ccccc4c3)CC2)CC1. The molecule has 7 nitrogen and oxygen atoms in total. The van der Waals surface area contributed by atoms with Crippen LogP contribution < -0.4 is 0 Å². The maximum atomic E-state index is 13.1. The highest BCUT2D eigenvalue weighted by Gasteiger charge is 2.30. The third kappa shape index (κ3) is 4.45. The first kappa shape index (κ1) is 20.3. The van der Waals surface area contributed by atoms with Crippen molar-refractivity contribution in [2.24, 2.45) is 0 Å². The zero-order valence-corrected chi connectivity index (χ0v) is 17.6. The van der Waals surface area contributed by atoms with E-state index >= 15 is 0 Å². The normalized spacial score (nSPS) is 20.2. The Morgan fingerprint density at radius 1 is 0.862 bits per heavy atom. The van der Waals surface area contributed by atoms with E-state index in [0.29, 0.717) is 37.6 Å². The van der Waals surface area contributed by atoms with E-state index in [1.54, 1.807) is 12.1 Å². The number of carbonyl (C=O) groups excluding carboxylic acids is 1. The largest absolute Gasteiger partial charge is 0.339 e. The Bertz CT molecular complexity index is 978. The predicted molar refractivity (Wildman–Crippen MR) is 113 cm³/mol. The number of benzene rings is 2. The molecule has 0 aromatic heterocycles. The molecule has 0 bridgehead atoms. The molecule has 2 heterocycles. The first-order valence-electron chi connectivity index (χ1n) is 10.1. The highest BCUT2D eigenvalue weighted by molar-refractivity contribution is 7.89. The van der Waals surface area contributed by atoms with E-state index in [0.717, 1.165) is 37.0 Å². The van der Waals surface area contributed by atoms with Crippen LogP contribution in [0, 0.1) is 0 Å². The zero-order chi connectivity index (χ0) is 20.4. The number of rotatable bonds is 4. The van der Waals surface area contributed by atoms with Crippen molar-refractivity contribution in [3.63, 3.8) is 0 Å². The molecule has 2 aliphatic rings. The Labute approximate surface area is 172 Å². The highest BCUT2D eigenvalue weighted by Crippen LogP contribution is 2.22. The van der Waals surface area contributed by atoms with Gasteiger partial charge in [-0.15, -0.1) is 0 Å². The van der Waals surface area contributed by atoms with E-state index in [-0.39, 0.29) is 5.91 Å². The van der Waals surface area contributed by atoms with Crippen molar-refractivity contribution in [3.05, 3.63) is 42.5 Å². The molecular weight excluding hydrogens is 388 g/mol. The van der Waals surface area contributed by atoms with Gasteiger partial charge in [0.1, 0.15) is 0 Å². The van der Waals surface area contributed by atoms with Crippen LogP contribution in [-0.4, -0.2) is 99.3 Å². The van der Waals surface area contributed by atoms with Gasteiger partial charge in [-0.2, -0.15) is 4.31 Å². The van der Waals surface area contributed by atoms with Crippen LogP contribution in [0.25, 0.3) is 10.8 Å². The molecule has 4 rings (SSSR count). The van der Waals surface area contributed by atoms with E-state index in [1.807, 2.05) is 35.2 Å². The van der Waals surface area contributed by atoms with Gasteiger partial charge >= 0.3 is 0 Å². The third-order valence-electron chi connectivity index (χ3n) is 5.90. The average molecular weight is 417 g/mol. The third-order valence-corrected chi connectivity index (χ3v) is 7.80. The maximum absolute atomic E-state index is 13.1. The Morgan fingerprint density at radius 2 is 1.52 bits per heavy atom. The van der Waals surface area contributed by atoms with Crippen molar-refractivity contribution >= 4 is 26.7 Å². The summed E-state index contributed by atoms with van der Waals surface area (Å²) in [6, 6.07) is 13.0. The van der Waals surface area contributed by atoms with Crippen LogP contribution in [0.4, 0.5) is 0 Å². The fourth-order valence-electron chi connectivity index (χ4n) is 3.95. The predicted octanol–water partition coefficient (Wildman–Crippen LogP) is 0.920. The summed E-state index contributed by atoms with van der Waals surface area (Å²) in [6.07, 6.45) is 0. The number of sulfonamides is 1. The molecule has 2 aromatic carbocycles. The van der Waals surface area contributed by atoms with Gasteiger partial charge in [-0.3, -0.25) is 9.69 Å². The van der Waals surface area contributed by atoms with Gasteiger partial charge < -0.3 is 9.80 Å². The lowest BCUT2D eigenvalue weighted by atomic mass is 10.1. The molecule has 2 aromatic rings. The molecule has 0 spiro atoms. The molecule has 0 N–H and O–H groups in total. The fourth-order valence-corrected chi connectivity index (χ4v) is 5.41. The molecule has 0 radical (unpaired) electrons.